The fraction of sp³-hybridized carbons (Fsp3) is 0.529. The molecule has 118 valence electrons. The summed E-state index contributed by atoms with van der Waals surface area (Å²) in [5, 5.41) is 11.5. The molecule has 1 aromatic rings. The number of carbonyl (C=O) groups excluding carboxylic acids is 1. The van der Waals surface area contributed by atoms with Crippen molar-refractivity contribution in [1.82, 2.24) is 0 Å². The number of nitrogens with one attached hydrogen (secondary N) is 1. The van der Waals surface area contributed by atoms with Crippen molar-refractivity contribution >= 4 is 17.6 Å². The van der Waals surface area contributed by atoms with E-state index in [4.69, 9.17) is 9.84 Å². The van der Waals surface area contributed by atoms with Crippen molar-refractivity contribution < 1.29 is 19.4 Å². The summed E-state index contributed by atoms with van der Waals surface area (Å²) in [5.41, 5.74) is 0.718. The molecule has 3 unspecified atom stereocenters. The van der Waals surface area contributed by atoms with Gasteiger partial charge in [0.15, 0.2) is 6.61 Å². The lowest BCUT2D eigenvalue weighted by Gasteiger charge is -2.20. The van der Waals surface area contributed by atoms with Gasteiger partial charge in [0.1, 0.15) is 5.75 Å². The van der Waals surface area contributed by atoms with Crippen LogP contribution in [0.3, 0.4) is 0 Å². The quantitative estimate of drug-likeness (QED) is 0.847. The molecule has 5 heteroatoms. The van der Waals surface area contributed by atoms with E-state index in [2.05, 4.69) is 5.32 Å². The highest BCUT2D eigenvalue weighted by Crippen LogP contribution is 2.49. The number of hydrogen-bond donors (Lipinski definition) is 2. The molecular formula is C17H21NO4. The van der Waals surface area contributed by atoms with Gasteiger partial charge in [-0.15, -0.1) is 0 Å². The summed E-state index contributed by atoms with van der Waals surface area (Å²) >= 11 is 0. The predicted octanol–water partition coefficient (Wildman–Crippen LogP) is 2.91. The number of benzene rings is 1. The van der Waals surface area contributed by atoms with Gasteiger partial charge in [-0.1, -0.05) is 6.42 Å². The van der Waals surface area contributed by atoms with Crippen LogP contribution in [0.4, 0.5) is 5.69 Å². The van der Waals surface area contributed by atoms with Gasteiger partial charge in [0.05, 0.1) is 0 Å². The summed E-state index contributed by atoms with van der Waals surface area (Å²) in [5.74, 6) is 1.70. The zero-order valence-electron chi connectivity index (χ0n) is 12.5. The van der Waals surface area contributed by atoms with Crippen LogP contribution < -0.4 is 10.1 Å². The molecule has 2 aliphatic carbocycles. The topological polar surface area (TPSA) is 75.6 Å². The molecule has 1 amide bonds. The lowest BCUT2D eigenvalue weighted by molar-refractivity contribution is -0.139. The minimum atomic E-state index is -1.01. The number of anilines is 1. The monoisotopic (exact) mass is 303 g/mol. The summed E-state index contributed by atoms with van der Waals surface area (Å²) in [6, 6.07) is 6.79. The Morgan fingerprint density at radius 3 is 2.55 bits per heavy atom. The maximum absolute atomic E-state index is 12.1. The molecular weight excluding hydrogens is 282 g/mol. The summed E-state index contributed by atoms with van der Waals surface area (Å²) in [6.07, 6.45) is 5.77. The Labute approximate surface area is 129 Å². The number of amides is 1. The van der Waals surface area contributed by atoms with E-state index >= 15 is 0 Å². The number of rotatable bonds is 6. The molecule has 3 rings (SSSR count). The molecule has 0 heterocycles. The van der Waals surface area contributed by atoms with E-state index in [1.54, 1.807) is 24.3 Å². The van der Waals surface area contributed by atoms with E-state index in [0.29, 0.717) is 18.1 Å². The van der Waals surface area contributed by atoms with Crippen LogP contribution in [-0.2, 0) is 9.59 Å². The van der Waals surface area contributed by atoms with Crippen molar-refractivity contribution in [2.75, 3.05) is 11.9 Å². The standard InChI is InChI=1S/C17H21NO4/c19-16(9-13-8-11-1-2-12(13)7-11)18-14-3-5-15(6-4-14)22-10-17(20)21/h3-6,11-13H,1-2,7-10H2,(H,18,19)(H,20,21). The number of fused-ring (bicyclic) bond motifs is 2. The minimum absolute atomic E-state index is 0.0664. The van der Waals surface area contributed by atoms with E-state index < -0.39 is 5.97 Å². The Morgan fingerprint density at radius 2 is 1.95 bits per heavy atom. The number of ether oxygens (including phenoxy) is 1. The first-order chi connectivity index (χ1) is 10.6. The van der Waals surface area contributed by atoms with Crippen molar-refractivity contribution in [3.05, 3.63) is 24.3 Å². The molecule has 1 aromatic carbocycles. The Kier molecular flexibility index (Phi) is 4.32. The molecule has 2 aliphatic rings. The summed E-state index contributed by atoms with van der Waals surface area (Å²) < 4.78 is 5.06. The van der Waals surface area contributed by atoms with Gasteiger partial charge in [0.2, 0.25) is 5.91 Å². The van der Waals surface area contributed by atoms with Crippen LogP contribution in [0.2, 0.25) is 0 Å². The first-order valence-electron chi connectivity index (χ1n) is 7.84. The van der Waals surface area contributed by atoms with E-state index in [1.807, 2.05) is 0 Å². The van der Waals surface area contributed by atoms with Gasteiger partial charge in [0, 0.05) is 12.1 Å². The Hall–Kier alpha value is -2.04. The zero-order valence-corrected chi connectivity index (χ0v) is 12.5. The van der Waals surface area contributed by atoms with Gasteiger partial charge in [-0.2, -0.15) is 0 Å². The van der Waals surface area contributed by atoms with E-state index in [9.17, 15) is 9.59 Å². The highest BCUT2D eigenvalue weighted by atomic mass is 16.5. The predicted molar refractivity (Wildman–Crippen MR) is 81.8 cm³/mol. The van der Waals surface area contributed by atoms with Crippen molar-refractivity contribution in [2.24, 2.45) is 17.8 Å². The van der Waals surface area contributed by atoms with Crippen molar-refractivity contribution in [3.63, 3.8) is 0 Å². The zero-order chi connectivity index (χ0) is 15.5. The fourth-order valence-corrected chi connectivity index (χ4v) is 3.86. The first kappa shape index (κ1) is 14.9. The number of hydrogen-bond acceptors (Lipinski definition) is 3. The largest absolute Gasteiger partial charge is 0.482 e. The van der Waals surface area contributed by atoms with Crippen molar-refractivity contribution in [1.29, 1.82) is 0 Å². The smallest absolute Gasteiger partial charge is 0.341 e. The van der Waals surface area contributed by atoms with Crippen LogP contribution in [0.15, 0.2) is 24.3 Å². The van der Waals surface area contributed by atoms with Crippen LogP contribution in [-0.4, -0.2) is 23.6 Å². The SMILES string of the molecule is O=C(O)COc1ccc(NC(=O)CC2CC3CCC2C3)cc1. The van der Waals surface area contributed by atoms with Crippen LogP contribution in [0.5, 0.6) is 5.75 Å². The van der Waals surface area contributed by atoms with Crippen molar-refractivity contribution in [3.8, 4) is 5.75 Å². The third-order valence-corrected chi connectivity index (χ3v) is 4.83. The minimum Gasteiger partial charge on any atom is -0.482 e. The average Bonchev–Trinajstić information content (AvgIpc) is 3.09. The molecule has 2 bridgehead atoms. The van der Waals surface area contributed by atoms with Gasteiger partial charge in [-0.25, -0.2) is 4.79 Å². The number of carboxylic acids is 1. The van der Waals surface area contributed by atoms with E-state index in [0.717, 1.165) is 17.5 Å². The summed E-state index contributed by atoms with van der Waals surface area (Å²) in [6.45, 7) is -0.365. The van der Waals surface area contributed by atoms with Crippen LogP contribution in [0, 0.1) is 17.8 Å². The van der Waals surface area contributed by atoms with Gasteiger partial charge < -0.3 is 15.2 Å². The van der Waals surface area contributed by atoms with Gasteiger partial charge in [-0.3, -0.25) is 4.79 Å². The van der Waals surface area contributed by atoms with E-state index in [1.165, 1.54) is 25.7 Å². The highest BCUT2D eigenvalue weighted by molar-refractivity contribution is 5.90. The molecule has 0 spiro atoms. The molecule has 2 fully saturated rings. The average molecular weight is 303 g/mol. The van der Waals surface area contributed by atoms with E-state index in [-0.39, 0.29) is 12.5 Å². The maximum atomic E-state index is 12.1. The number of carbonyl (C=O) groups is 2. The fourth-order valence-electron chi connectivity index (χ4n) is 3.86. The second-order valence-electron chi connectivity index (χ2n) is 6.39. The second-order valence-corrected chi connectivity index (χ2v) is 6.39. The Bertz CT molecular complexity index is 554. The van der Waals surface area contributed by atoms with Crippen LogP contribution >= 0.6 is 0 Å². The van der Waals surface area contributed by atoms with Gasteiger partial charge in [-0.05, 0) is 61.3 Å². The van der Waals surface area contributed by atoms with Crippen LogP contribution in [0.25, 0.3) is 0 Å². The molecule has 22 heavy (non-hydrogen) atoms. The third-order valence-electron chi connectivity index (χ3n) is 4.83. The Morgan fingerprint density at radius 1 is 1.18 bits per heavy atom. The number of aliphatic carboxylic acids is 1. The Balaban J connectivity index is 1.48. The lowest BCUT2D eigenvalue weighted by atomic mass is 9.86. The number of carboxylic acid groups (broad SMARTS) is 1. The van der Waals surface area contributed by atoms with Gasteiger partial charge in [0.25, 0.3) is 0 Å². The third kappa shape index (κ3) is 3.59. The van der Waals surface area contributed by atoms with Crippen LogP contribution in [0.1, 0.15) is 32.1 Å². The normalized spacial score (nSPS) is 25.9. The molecule has 2 N–H and O–H groups in total. The summed E-state index contributed by atoms with van der Waals surface area (Å²) in [4.78, 5) is 22.5. The highest BCUT2D eigenvalue weighted by Gasteiger charge is 2.40. The van der Waals surface area contributed by atoms with Gasteiger partial charge >= 0.3 is 5.97 Å². The molecule has 0 aliphatic heterocycles. The summed E-state index contributed by atoms with van der Waals surface area (Å²) in [7, 11) is 0. The second kappa shape index (κ2) is 6.38. The molecule has 3 atom stereocenters. The first-order valence-corrected chi connectivity index (χ1v) is 7.84. The molecule has 0 saturated heterocycles. The van der Waals surface area contributed by atoms with Crippen molar-refractivity contribution in [2.45, 2.75) is 32.1 Å². The maximum Gasteiger partial charge on any atom is 0.341 e. The molecule has 0 radical (unpaired) electrons. The molecule has 2 saturated carbocycles. The molecule has 0 aromatic heterocycles. The molecule has 5 nitrogen and oxygen atoms in total. The lowest BCUT2D eigenvalue weighted by Crippen LogP contribution is -2.20.